The molecule has 1 N–H and O–H groups in total. The summed E-state index contributed by atoms with van der Waals surface area (Å²) in [4.78, 5) is 20.4. The molecule has 0 spiro atoms. The standard InChI is InChI=1S/C5H4ClNO2.C5H5NO3.Cl2OS/c1-3-2-4(5(6)8)7-9-3;1-3-2-4(5(7)8)6-9-3;1-4(2)3/h2H,1H3;2H,1H3,(H,7,8);. The maximum atomic E-state index is 10.3. The molecule has 0 saturated heterocycles. The minimum atomic E-state index is -1.67. The van der Waals surface area contributed by atoms with Crippen LogP contribution in [0.3, 0.4) is 0 Å². The van der Waals surface area contributed by atoms with E-state index < -0.39 is 20.4 Å². The van der Waals surface area contributed by atoms with Crippen molar-refractivity contribution in [2.24, 2.45) is 0 Å². The summed E-state index contributed by atoms with van der Waals surface area (Å²) in [5, 5.41) is 14.3. The van der Waals surface area contributed by atoms with Crippen molar-refractivity contribution in [2.45, 2.75) is 13.8 Å². The van der Waals surface area contributed by atoms with Crippen molar-refractivity contribution < 1.29 is 28.0 Å². The molecular weight excluding hydrogens is 383 g/mol. The predicted molar refractivity (Wildman–Crippen MR) is 79.5 cm³/mol. The first kappa shape index (κ1) is 20.6. The first-order valence-corrected chi connectivity index (χ1v) is 8.35. The highest BCUT2D eigenvalue weighted by molar-refractivity contribution is 8.26. The van der Waals surface area contributed by atoms with Crippen LogP contribution in [0.2, 0.25) is 0 Å². The summed E-state index contributed by atoms with van der Waals surface area (Å²) in [7, 11) is 7.36. The summed E-state index contributed by atoms with van der Waals surface area (Å²) < 4.78 is 18.2. The van der Waals surface area contributed by atoms with Gasteiger partial charge in [-0.2, -0.15) is 0 Å². The lowest BCUT2D eigenvalue weighted by atomic mass is 10.4. The third-order valence-corrected chi connectivity index (χ3v) is 1.87. The van der Waals surface area contributed by atoms with Crippen molar-refractivity contribution in [1.29, 1.82) is 0 Å². The van der Waals surface area contributed by atoms with Crippen LogP contribution >= 0.6 is 33.0 Å². The number of carbonyl (C=O) groups excluding carboxylic acids is 1. The van der Waals surface area contributed by atoms with Gasteiger partial charge in [-0.25, -0.2) is 9.00 Å². The van der Waals surface area contributed by atoms with E-state index in [1.54, 1.807) is 13.8 Å². The second-order valence-corrected chi connectivity index (χ2v) is 6.28. The molecule has 0 bridgehead atoms. The lowest BCUT2D eigenvalue weighted by Gasteiger charge is -1.75. The van der Waals surface area contributed by atoms with Crippen LogP contribution in [0.5, 0.6) is 0 Å². The highest BCUT2D eigenvalue weighted by Gasteiger charge is 2.06. The number of carboxylic acid groups (broad SMARTS) is 1. The normalized spacial score (nSPS) is 9.36. The molecule has 2 heterocycles. The van der Waals surface area contributed by atoms with Crippen molar-refractivity contribution in [1.82, 2.24) is 10.3 Å². The molecule has 0 aromatic carbocycles. The Labute approximate surface area is 140 Å². The number of carboxylic acids is 1. The highest BCUT2D eigenvalue weighted by Crippen LogP contribution is 2.03. The molecule has 0 aliphatic carbocycles. The van der Waals surface area contributed by atoms with Crippen LogP contribution in [0.4, 0.5) is 0 Å². The van der Waals surface area contributed by atoms with E-state index in [-0.39, 0.29) is 11.4 Å². The smallest absolute Gasteiger partial charge is 0.358 e. The van der Waals surface area contributed by atoms with E-state index in [0.29, 0.717) is 11.5 Å². The lowest BCUT2D eigenvalue weighted by Crippen LogP contribution is -1.94. The van der Waals surface area contributed by atoms with Crippen molar-refractivity contribution in [3.8, 4) is 0 Å². The number of carbonyl (C=O) groups is 2. The fourth-order valence-electron chi connectivity index (χ4n) is 0.926. The van der Waals surface area contributed by atoms with Gasteiger partial charge in [-0.05, 0) is 25.4 Å². The molecule has 0 atom stereocenters. The fraction of sp³-hybridized carbons (Fsp3) is 0.200. The zero-order chi connectivity index (χ0) is 17.3. The molecule has 0 radical (unpaired) electrons. The second kappa shape index (κ2) is 10.3. The molecular formula is C10H9Cl3N2O6S. The molecule has 0 fully saturated rings. The Morgan fingerprint density at radius 3 is 1.59 bits per heavy atom. The van der Waals surface area contributed by atoms with Crippen molar-refractivity contribution in [2.75, 3.05) is 0 Å². The molecule has 22 heavy (non-hydrogen) atoms. The van der Waals surface area contributed by atoms with Crippen LogP contribution in [-0.2, 0) is 9.23 Å². The van der Waals surface area contributed by atoms with Gasteiger partial charge in [0.2, 0.25) is 9.23 Å². The van der Waals surface area contributed by atoms with Gasteiger partial charge >= 0.3 is 5.97 Å². The predicted octanol–water partition coefficient (Wildman–Crippen LogP) is 3.09. The van der Waals surface area contributed by atoms with Gasteiger partial charge in [0.1, 0.15) is 11.5 Å². The summed E-state index contributed by atoms with van der Waals surface area (Å²) in [6.07, 6.45) is 0. The van der Waals surface area contributed by atoms with Crippen molar-refractivity contribution in [3.05, 3.63) is 35.0 Å². The Kier molecular flexibility index (Phi) is 9.66. The number of hydrogen-bond donors (Lipinski definition) is 1. The highest BCUT2D eigenvalue weighted by atomic mass is 36.0. The number of halogens is 3. The Bertz CT molecular complexity index is 602. The summed E-state index contributed by atoms with van der Waals surface area (Å²) in [5.41, 5.74) is 0.113. The Morgan fingerprint density at radius 2 is 1.45 bits per heavy atom. The zero-order valence-electron chi connectivity index (χ0n) is 11.1. The van der Waals surface area contributed by atoms with Gasteiger partial charge in [0.25, 0.3) is 5.24 Å². The van der Waals surface area contributed by atoms with E-state index in [1.807, 2.05) is 0 Å². The van der Waals surface area contributed by atoms with Gasteiger partial charge < -0.3 is 14.2 Å². The third kappa shape index (κ3) is 9.50. The van der Waals surface area contributed by atoms with Gasteiger partial charge in [0.05, 0.1) is 0 Å². The van der Waals surface area contributed by atoms with E-state index in [0.717, 1.165) is 0 Å². The van der Waals surface area contributed by atoms with Crippen LogP contribution in [-0.4, -0.2) is 30.8 Å². The van der Waals surface area contributed by atoms with E-state index in [9.17, 15) is 9.59 Å². The van der Waals surface area contributed by atoms with Crippen molar-refractivity contribution >= 4 is 53.4 Å². The minimum absolute atomic E-state index is 0.0486. The molecule has 12 heteroatoms. The number of aromatic carboxylic acids is 1. The largest absolute Gasteiger partial charge is 0.476 e. The van der Waals surface area contributed by atoms with Crippen LogP contribution in [0.15, 0.2) is 21.2 Å². The van der Waals surface area contributed by atoms with Crippen LogP contribution in [0.1, 0.15) is 32.5 Å². The lowest BCUT2D eigenvalue weighted by molar-refractivity contribution is 0.0685. The molecule has 0 amide bonds. The van der Waals surface area contributed by atoms with Gasteiger partial charge in [-0.1, -0.05) is 10.3 Å². The third-order valence-electron chi connectivity index (χ3n) is 1.68. The van der Waals surface area contributed by atoms with Crippen LogP contribution in [0, 0.1) is 13.8 Å². The van der Waals surface area contributed by atoms with Gasteiger partial charge in [0.15, 0.2) is 11.4 Å². The van der Waals surface area contributed by atoms with Crippen molar-refractivity contribution in [3.63, 3.8) is 0 Å². The molecule has 0 unspecified atom stereocenters. The summed E-state index contributed by atoms with van der Waals surface area (Å²) in [5.74, 6) is 0.0262. The summed E-state index contributed by atoms with van der Waals surface area (Å²) in [6, 6.07) is 2.84. The number of aryl methyl sites for hydroxylation is 2. The minimum Gasteiger partial charge on any atom is -0.476 e. The van der Waals surface area contributed by atoms with E-state index in [2.05, 4.69) is 40.7 Å². The number of hydrogen-bond acceptors (Lipinski definition) is 7. The molecule has 0 aliphatic rings. The number of nitrogens with zero attached hydrogens (tertiary/aromatic N) is 2. The quantitative estimate of drug-likeness (QED) is 0.774. The van der Waals surface area contributed by atoms with Gasteiger partial charge in [-0.15, -0.1) is 0 Å². The molecule has 2 aromatic heterocycles. The Morgan fingerprint density at radius 1 is 1.09 bits per heavy atom. The second-order valence-electron chi connectivity index (χ2n) is 3.41. The van der Waals surface area contributed by atoms with Gasteiger partial charge in [-0.3, -0.25) is 4.79 Å². The molecule has 0 aliphatic heterocycles. The van der Waals surface area contributed by atoms with Crippen LogP contribution in [0.25, 0.3) is 0 Å². The number of aromatic nitrogens is 2. The SMILES string of the molecule is Cc1cc(C(=O)Cl)no1.Cc1cc(C(=O)O)no1.O=S(Cl)Cl. The average Bonchev–Trinajstić information content (AvgIpc) is 2.98. The average molecular weight is 392 g/mol. The monoisotopic (exact) mass is 390 g/mol. The first-order valence-electron chi connectivity index (χ1n) is 5.17. The summed E-state index contributed by atoms with van der Waals surface area (Å²) >= 11 is 5.06. The molecule has 8 nitrogen and oxygen atoms in total. The molecule has 2 aromatic rings. The zero-order valence-corrected chi connectivity index (χ0v) is 14.2. The Balaban J connectivity index is 0.000000326. The topological polar surface area (TPSA) is 124 Å². The fourth-order valence-corrected chi connectivity index (χ4v) is 1.02. The molecule has 2 rings (SSSR count). The molecule has 0 saturated carbocycles. The molecule has 122 valence electrons. The maximum absolute atomic E-state index is 10.3. The van der Waals surface area contributed by atoms with E-state index >= 15 is 0 Å². The first-order chi connectivity index (χ1) is 10.1. The summed E-state index contributed by atoms with van der Waals surface area (Å²) in [6.45, 7) is 3.33. The maximum Gasteiger partial charge on any atom is 0.358 e. The number of rotatable bonds is 2. The Hall–Kier alpha value is -1.42. The van der Waals surface area contributed by atoms with Gasteiger partial charge in [0, 0.05) is 33.5 Å². The van der Waals surface area contributed by atoms with Crippen LogP contribution < -0.4 is 0 Å². The van der Waals surface area contributed by atoms with E-state index in [4.69, 9.17) is 20.9 Å². The van der Waals surface area contributed by atoms with E-state index in [1.165, 1.54) is 12.1 Å².